The average Bonchev–Trinajstić information content (AvgIpc) is 2.56. The third-order valence-corrected chi connectivity index (χ3v) is 4.73. The molecule has 1 aromatic rings. The number of hydrogen-bond acceptors (Lipinski definition) is 2. The highest BCUT2D eigenvalue weighted by atomic mass is 16.2. The second-order valence-electron chi connectivity index (χ2n) is 6.26. The summed E-state index contributed by atoms with van der Waals surface area (Å²) in [6.45, 7) is 7.66. The molecule has 0 unspecified atom stereocenters. The van der Waals surface area contributed by atoms with E-state index in [1.807, 2.05) is 15.9 Å². The molecule has 21 heavy (non-hydrogen) atoms. The van der Waals surface area contributed by atoms with E-state index in [4.69, 9.17) is 0 Å². The number of benzene rings is 1. The molecule has 0 spiro atoms. The summed E-state index contributed by atoms with van der Waals surface area (Å²) < 4.78 is 0. The highest BCUT2D eigenvalue weighted by Gasteiger charge is 2.27. The highest BCUT2D eigenvalue weighted by molar-refractivity contribution is 5.75. The van der Waals surface area contributed by atoms with Crippen LogP contribution in [0.4, 0.5) is 10.5 Å². The summed E-state index contributed by atoms with van der Waals surface area (Å²) in [5.74, 6) is 0.768. The topological polar surface area (TPSA) is 26.8 Å². The first-order chi connectivity index (χ1) is 10.2. The molecule has 0 atom stereocenters. The van der Waals surface area contributed by atoms with Crippen LogP contribution in [-0.2, 0) is 0 Å². The van der Waals surface area contributed by atoms with E-state index in [1.165, 1.54) is 5.69 Å². The Morgan fingerprint density at radius 3 is 2.10 bits per heavy atom. The number of likely N-dealkylation sites (tertiary alicyclic amines) is 1. The van der Waals surface area contributed by atoms with E-state index in [2.05, 4.69) is 36.1 Å². The fraction of sp³-hybridized carbons (Fsp3) is 0.588. The van der Waals surface area contributed by atoms with Crippen molar-refractivity contribution >= 4 is 11.7 Å². The maximum absolute atomic E-state index is 12.5. The molecular formula is C17H25N3O. The van der Waals surface area contributed by atoms with Crippen molar-refractivity contribution in [3.63, 3.8) is 0 Å². The summed E-state index contributed by atoms with van der Waals surface area (Å²) in [5.41, 5.74) is 1.26. The van der Waals surface area contributed by atoms with Crippen molar-refractivity contribution in [1.29, 1.82) is 0 Å². The molecular weight excluding hydrogens is 262 g/mol. The zero-order chi connectivity index (χ0) is 14.7. The van der Waals surface area contributed by atoms with E-state index < -0.39 is 0 Å². The minimum Gasteiger partial charge on any atom is -0.368 e. The maximum Gasteiger partial charge on any atom is 0.320 e. The summed E-state index contributed by atoms with van der Waals surface area (Å²) >= 11 is 0. The van der Waals surface area contributed by atoms with Crippen LogP contribution in [0.2, 0.25) is 0 Å². The molecule has 0 aromatic heterocycles. The standard InChI is InChI=1S/C17H25N3O/c1-15-7-9-19(10-8-15)17(21)20-13-11-18(12-14-20)16-5-3-2-4-6-16/h2-6,15H,7-14H2,1H3. The van der Waals surface area contributed by atoms with Crippen LogP contribution < -0.4 is 4.90 Å². The monoisotopic (exact) mass is 287 g/mol. The lowest BCUT2D eigenvalue weighted by Crippen LogP contribution is -2.54. The van der Waals surface area contributed by atoms with Gasteiger partial charge in [-0.25, -0.2) is 4.79 Å². The summed E-state index contributed by atoms with van der Waals surface area (Å²) in [6.07, 6.45) is 2.30. The molecule has 0 radical (unpaired) electrons. The van der Waals surface area contributed by atoms with Crippen molar-refractivity contribution in [2.24, 2.45) is 5.92 Å². The van der Waals surface area contributed by atoms with Gasteiger partial charge in [-0.2, -0.15) is 0 Å². The summed E-state index contributed by atoms with van der Waals surface area (Å²) in [6, 6.07) is 10.7. The summed E-state index contributed by atoms with van der Waals surface area (Å²) in [5, 5.41) is 0. The Hall–Kier alpha value is -1.71. The van der Waals surface area contributed by atoms with Crippen LogP contribution in [0.3, 0.4) is 0 Å². The van der Waals surface area contributed by atoms with Gasteiger partial charge in [-0.15, -0.1) is 0 Å². The molecule has 0 aliphatic carbocycles. The van der Waals surface area contributed by atoms with Crippen LogP contribution in [0, 0.1) is 5.92 Å². The first-order valence-corrected chi connectivity index (χ1v) is 8.08. The second-order valence-corrected chi connectivity index (χ2v) is 6.26. The Morgan fingerprint density at radius 2 is 1.48 bits per heavy atom. The molecule has 1 aromatic carbocycles. The molecule has 4 nitrogen and oxygen atoms in total. The molecule has 2 saturated heterocycles. The molecule has 2 aliphatic rings. The normalized spacial score (nSPS) is 20.7. The van der Waals surface area contributed by atoms with Gasteiger partial charge in [0.1, 0.15) is 0 Å². The number of piperazine rings is 1. The van der Waals surface area contributed by atoms with Crippen LogP contribution >= 0.6 is 0 Å². The lowest BCUT2D eigenvalue weighted by atomic mass is 9.99. The van der Waals surface area contributed by atoms with E-state index in [-0.39, 0.29) is 6.03 Å². The smallest absolute Gasteiger partial charge is 0.320 e. The molecule has 3 rings (SSSR count). The van der Waals surface area contributed by atoms with E-state index >= 15 is 0 Å². The van der Waals surface area contributed by atoms with Gasteiger partial charge in [-0.3, -0.25) is 0 Å². The predicted octanol–water partition coefficient (Wildman–Crippen LogP) is 2.66. The van der Waals surface area contributed by atoms with Crippen molar-refractivity contribution in [2.45, 2.75) is 19.8 Å². The van der Waals surface area contributed by atoms with Gasteiger partial charge in [-0.05, 0) is 30.9 Å². The Morgan fingerprint density at radius 1 is 0.905 bits per heavy atom. The minimum atomic E-state index is 0.245. The van der Waals surface area contributed by atoms with Gasteiger partial charge in [0.25, 0.3) is 0 Å². The van der Waals surface area contributed by atoms with Crippen molar-refractivity contribution in [2.75, 3.05) is 44.2 Å². The molecule has 2 aliphatic heterocycles. The minimum absolute atomic E-state index is 0.245. The number of carbonyl (C=O) groups excluding carboxylic acids is 1. The third kappa shape index (κ3) is 3.31. The van der Waals surface area contributed by atoms with Crippen molar-refractivity contribution in [3.05, 3.63) is 30.3 Å². The largest absolute Gasteiger partial charge is 0.368 e. The van der Waals surface area contributed by atoms with E-state index in [1.54, 1.807) is 0 Å². The molecule has 2 amide bonds. The average molecular weight is 287 g/mol. The van der Waals surface area contributed by atoms with E-state index in [9.17, 15) is 4.79 Å². The Bertz CT molecular complexity index is 460. The van der Waals surface area contributed by atoms with Crippen molar-refractivity contribution < 1.29 is 4.79 Å². The van der Waals surface area contributed by atoms with Crippen LogP contribution in [0.1, 0.15) is 19.8 Å². The number of amides is 2. The van der Waals surface area contributed by atoms with Gasteiger partial charge in [0.05, 0.1) is 0 Å². The summed E-state index contributed by atoms with van der Waals surface area (Å²) in [4.78, 5) is 19.0. The van der Waals surface area contributed by atoms with Crippen LogP contribution in [0.15, 0.2) is 30.3 Å². The maximum atomic E-state index is 12.5. The lowest BCUT2D eigenvalue weighted by Gasteiger charge is -2.40. The van der Waals surface area contributed by atoms with Crippen LogP contribution in [0.25, 0.3) is 0 Å². The number of para-hydroxylation sites is 1. The number of nitrogens with zero attached hydrogens (tertiary/aromatic N) is 3. The zero-order valence-electron chi connectivity index (χ0n) is 12.9. The Labute approximate surface area is 127 Å². The number of piperidine rings is 1. The first kappa shape index (κ1) is 14.2. The number of hydrogen-bond donors (Lipinski definition) is 0. The molecule has 2 fully saturated rings. The van der Waals surface area contributed by atoms with Crippen LogP contribution in [-0.4, -0.2) is 55.1 Å². The van der Waals surface area contributed by atoms with E-state index in [0.717, 1.165) is 58.0 Å². The quantitative estimate of drug-likeness (QED) is 0.794. The van der Waals surface area contributed by atoms with Crippen molar-refractivity contribution in [3.8, 4) is 0 Å². The molecule has 114 valence electrons. The number of anilines is 1. The predicted molar refractivity (Wildman–Crippen MR) is 85.6 cm³/mol. The first-order valence-electron chi connectivity index (χ1n) is 8.08. The molecule has 0 N–H and O–H groups in total. The SMILES string of the molecule is CC1CCN(C(=O)N2CCN(c3ccccc3)CC2)CC1. The number of rotatable bonds is 1. The molecule has 0 saturated carbocycles. The van der Waals surface area contributed by atoms with Crippen molar-refractivity contribution in [1.82, 2.24) is 9.80 Å². The molecule has 0 bridgehead atoms. The molecule has 4 heteroatoms. The highest BCUT2D eigenvalue weighted by Crippen LogP contribution is 2.19. The fourth-order valence-electron chi connectivity index (χ4n) is 3.19. The number of carbonyl (C=O) groups is 1. The zero-order valence-corrected chi connectivity index (χ0v) is 12.9. The summed E-state index contributed by atoms with van der Waals surface area (Å²) in [7, 11) is 0. The van der Waals surface area contributed by atoms with Gasteiger partial charge in [0.2, 0.25) is 0 Å². The number of urea groups is 1. The molecule has 2 heterocycles. The van der Waals surface area contributed by atoms with Gasteiger partial charge in [-0.1, -0.05) is 25.1 Å². The Kier molecular flexibility index (Phi) is 4.32. The third-order valence-electron chi connectivity index (χ3n) is 4.73. The van der Waals surface area contributed by atoms with Crippen LogP contribution in [0.5, 0.6) is 0 Å². The fourth-order valence-corrected chi connectivity index (χ4v) is 3.19. The lowest BCUT2D eigenvalue weighted by molar-refractivity contribution is 0.132. The van der Waals surface area contributed by atoms with Gasteiger partial charge in [0.15, 0.2) is 0 Å². The van der Waals surface area contributed by atoms with Gasteiger partial charge < -0.3 is 14.7 Å². The van der Waals surface area contributed by atoms with Gasteiger partial charge in [0, 0.05) is 45.0 Å². The Balaban J connectivity index is 1.52. The second kappa shape index (κ2) is 6.37. The van der Waals surface area contributed by atoms with Gasteiger partial charge >= 0.3 is 6.03 Å². The van der Waals surface area contributed by atoms with E-state index in [0.29, 0.717) is 0 Å².